The van der Waals surface area contributed by atoms with Crippen LogP contribution in [0.5, 0.6) is 0 Å². The molecule has 102 valence electrons. The van der Waals surface area contributed by atoms with E-state index in [1.165, 1.54) is 6.07 Å². The summed E-state index contributed by atoms with van der Waals surface area (Å²) in [5.41, 5.74) is 9.19. The Balaban J connectivity index is 2.18. The molecule has 19 heavy (non-hydrogen) atoms. The number of rotatable bonds is 5. The maximum atomic E-state index is 14.0. The molecule has 6 heteroatoms. The van der Waals surface area contributed by atoms with E-state index in [-0.39, 0.29) is 11.9 Å². The number of aromatic nitrogens is 1. The maximum Gasteiger partial charge on any atom is 0.129 e. The fraction of sp³-hybridized carbons (Fsp3) is 0.308. The Morgan fingerprint density at radius 1 is 1.53 bits per heavy atom. The van der Waals surface area contributed by atoms with E-state index in [2.05, 4.69) is 20.9 Å². The summed E-state index contributed by atoms with van der Waals surface area (Å²) < 4.78 is 14.7. The molecule has 2 N–H and O–H groups in total. The van der Waals surface area contributed by atoms with Crippen LogP contribution in [-0.2, 0) is 6.54 Å². The molecule has 0 radical (unpaired) electrons. The standard InChI is InChI=1S/C13H15BrFN3S/c1-18(6-10-7-19-8-17-10)13(5-16)11-3-2-9(14)4-12(11)15/h2-4,7-8,13H,5-6,16H2,1H3. The van der Waals surface area contributed by atoms with Gasteiger partial charge in [-0.05, 0) is 19.2 Å². The van der Waals surface area contributed by atoms with Crippen molar-refractivity contribution in [1.29, 1.82) is 0 Å². The van der Waals surface area contributed by atoms with Crippen molar-refractivity contribution >= 4 is 27.3 Å². The van der Waals surface area contributed by atoms with Gasteiger partial charge >= 0.3 is 0 Å². The number of halogens is 2. The molecular formula is C13H15BrFN3S. The van der Waals surface area contributed by atoms with E-state index < -0.39 is 0 Å². The predicted octanol–water partition coefficient (Wildman–Crippen LogP) is 3.18. The van der Waals surface area contributed by atoms with E-state index in [1.807, 2.05) is 23.4 Å². The van der Waals surface area contributed by atoms with Crippen molar-refractivity contribution in [2.45, 2.75) is 12.6 Å². The van der Waals surface area contributed by atoms with Gasteiger partial charge in [0.25, 0.3) is 0 Å². The van der Waals surface area contributed by atoms with Gasteiger partial charge in [-0.1, -0.05) is 22.0 Å². The average Bonchev–Trinajstić information content (AvgIpc) is 2.85. The lowest BCUT2D eigenvalue weighted by atomic mass is 10.0. The number of benzene rings is 1. The summed E-state index contributed by atoms with van der Waals surface area (Å²) in [5, 5.41) is 1.99. The van der Waals surface area contributed by atoms with Crippen LogP contribution in [-0.4, -0.2) is 23.5 Å². The van der Waals surface area contributed by atoms with Crippen molar-refractivity contribution < 1.29 is 4.39 Å². The minimum Gasteiger partial charge on any atom is -0.329 e. The minimum absolute atomic E-state index is 0.158. The first kappa shape index (κ1) is 14.6. The first-order valence-corrected chi connectivity index (χ1v) is 7.57. The summed E-state index contributed by atoms with van der Waals surface area (Å²) in [6.45, 7) is 1.01. The highest BCUT2D eigenvalue weighted by atomic mass is 79.9. The number of thiazole rings is 1. The average molecular weight is 344 g/mol. The lowest BCUT2D eigenvalue weighted by Crippen LogP contribution is -2.31. The second kappa shape index (κ2) is 6.56. The second-order valence-electron chi connectivity index (χ2n) is 4.31. The number of hydrogen-bond acceptors (Lipinski definition) is 4. The van der Waals surface area contributed by atoms with E-state index >= 15 is 0 Å². The highest BCUT2D eigenvalue weighted by molar-refractivity contribution is 9.10. The van der Waals surface area contributed by atoms with Crippen molar-refractivity contribution in [3.05, 3.63) is 50.6 Å². The quantitative estimate of drug-likeness (QED) is 0.906. The molecule has 0 bridgehead atoms. The largest absolute Gasteiger partial charge is 0.329 e. The van der Waals surface area contributed by atoms with Gasteiger partial charge in [0, 0.05) is 28.5 Å². The van der Waals surface area contributed by atoms with E-state index in [0.29, 0.717) is 18.7 Å². The van der Waals surface area contributed by atoms with Crippen LogP contribution in [0.15, 0.2) is 33.6 Å². The molecule has 0 saturated carbocycles. The highest BCUT2D eigenvalue weighted by Crippen LogP contribution is 2.25. The van der Waals surface area contributed by atoms with Gasteiger partial charge < -0.3 is 5.73 Å². The van der Waals surface area contributed by atoms with Crippen molar-refractivity contribution in [3.63, 3.8) is 0 Å². The SMILES string of the molecule is CN(Cc1cscn1)C(CN)c1ccc(Br)cc1F. The molecule has 1 atom stereocenters. The van der Waals surface area contributed by atoms with E-state index in [4.69, 9.17) is 5.73 Å². The third-order valence-corrected chi connectivity index (χ3v) is 4.10. The summed E-state index contributed by atoms with van der Waals surface area (Å²) in [4.78, 5) is 6.25. The zero-order valence-corrected chi connectivity index (χ0v) is 12.9. The summed E-state index contributed by atoms with van der Waals surface area (Å²) in [6, 6.07) is 4.91. The maximum absolute atomic E-state index is 14.0. The first-order chi connectivity index (χ1) is 9.11. The molecule has 1 aromatic heterocycles. The van der Waals surface area contributed by atoms with Crippen molar-refractivity contribution in [3.8, 4) is 0 Å². The van der Waals surface area contributed by atoms with Gasteiger partial charge in [0.2, 0.25) is 0 Å². The molecule has 3 nitrogen and oxygen atoms in total. The van der Waals surface area contributed by atoms with E-state index in [0.717, 1.165) is 10.2 Å². The zero-order chi connectivity index (χ0) is 13.8. The van der Waals surface area contributed by atoms with Crippen molar-refractivity contribution in [2.75, 3.05) is 13.6 Å². The number of nitrogens with two attached hydrogens (primary N) is 1. The smallest absolute Gasteiger partial charge is 0.129 e. The molecular weight excluding hydrogens is 329 g/mol. The molecule has 2 rings (SSSR count). The van der Waals surface area contributed by atoms with Gasteiger partial charge in [-0.2, -0.15) is 0 Å². The molecule has 0 aliphatic carbocycles. The van der Waals surface area contributed by atoms with Crippen LogP contribution in [0.4, 0.5) is 4.39 Å². The lowest BCUT2D eigenvalue weighted by molar-refractivity contribution is 0.234. The van der Waals surface area contributed by atoms with Crippen LogP contribution < -0.4 is 5.73 Å². The molecule has 0 saturated heterocycles. The fourth-order valence-corrected chi connectivity index (χ4v) is 2.88. The van der Waals surface area contributed by atoms with E-state index in [9.17, 15) is 4.39 Å². The summed E-state index contributed by atoms with van der Waals surface area (Å²) in [6.07, 6.45) is 0. The molecule has 1 unspecified atom stereocenters. The van der Waals surface area contributed by atoms with Crippen LogP contribution in [0.25, 0.3) is 0 Å². The van der Waals surface area contributed by atoms with Gasteiger partial charge in [-0.3, -0.25) is 4.90 Å². The second-order valence-corrected chi connectivity index (χ2v) is 5.95. The summed E-state index contributed by atoms with van der Waals surface area (Å²) in [5.74, 6) is -0.241. The monoisotopic (exact) mass is 343 g/mol. The Morgan fingerprint density at radius 2 is 2.32 bits per heavy atom. The Hall–Kier alpha value is -0.820. The van der Waals surface area contributed by atoms with Crippen molar-refractivity contribution in [1.82, 2.24) is 9.88 Å². The molecule has 0 aliphatic rings. The molecule has 0 spiro atoms. The fourth-order valence-electron chi connectivity index (χ4n) is 2.00. The molecule has 0 aliphatic heterocycles. The lowest BCUT2D eigenvalue weighted by Gasteiger charge is -2.27. The predicted molar refractivity (Wildman–Crippen MR) is 79.5 cm³/mol. The number of likely N-dealkylation sites (N-methyl/N-ethyl adjacent to an activating group) is 1. The van der Waals surface area contributed by atoms with Crippen LogP contribution in [0.2, 0.25) is 0 Å². The molecule has 0 fully saturated rings. The third-order valence-electron chi connectivity index (χ3n) is 2.97. The topological polar surface area (TPSA) is 42.2 Å². The van der Waals surface area contributed by atoms with Gasteiger partial charge in [0.1, 0.15) is 5.82 Å². The molecule has 1 aromatic carbocycles. The molecule has 0 amide bonds. The molecule has 2 aromatic rings. The highest BCUT2D eigenvalue weighted by Gasteiger charge is 2.19. The van der Waals surface area contributed by atoms with Crippen LogP contribution >= 0.6 is 27.3 Å². The van der Waals surface area contributed by atoms with Gasteiger partial charge in [-0.15, -0.1) is 11.3 Å². The van der Waals surface area contributed by atoms with Gasteiger partial charge in [0.15, 0.2) is 0 Å². The van der Waals surface area contributed by atoms with Crippen LogP contribution in [0.1, 0.15) is 17.3 Å². The zero-order valence-electron chi connectivity index (χ0n) is 10.5. The van der Waals surface area contributed by atoms with Crippen molar-refractivity contribution in [2.24, 2.45) is 5.73 Å². The normalized spacial score (nSPS) is 12.9. The number of hydrogen-bond donors (Lipinski definition) is 1. The first-order valence-electron chi connectivity index (χ1n) is 5.84. The Morgan fingerprint density at radius 3 is 2.89 bits per heavy atom. The Labute approximate surface area is 124 Å². The Bertz CT molecular complexity index is 533. The Kier molecular flexibility index (Phi) is 5.04. The van der Waals surface area contributed by atoms with E-state index in [1.54, 1.807) is 22.9 Å². The van der Waals surface area contributed by atoms with Crippen LogP contribution in [0, 0.1) is 5.82 Å². The minimum atomic E-state index is -0.241. The summed E-state index contributed by atoms with van der Waals surface area (Å²) >= 11 is 4.81. The van der Waals surface area contributed by atoms with Gasteiger partial charge in [0.05, 0.1) is 17.2 Å². The number of nitrogens with zero attached hydrogens (tertiary/aromatic N) is 2. The summed E-state index contributed by atoms with van der Waals surface area (Å²) in [7, 11) is 1.93. The third kappa shape index (κ3) is 3.60. The van der Waals surface area contributed by atoms with Gasteiger partial charge in [-0.25, -0.2) is 9.37 Å². The van der Waals surface area contributed by atoms with Crippen LogP contribution in [0.3, 0.4) is 0 Å². The molecule has 1 heterocycles.